The maximum Gasteiger partial charge on any atom is 0.416 e. The average Bonchev–Trinajstić information content (AvgIpc) is 2.98. The summed E-state index contributed by atoms with van der Waals surface area (Å²) in [5.74, 6) is 0.0756. The van der Waals surface area contributed by atoms with Gasteiger partial charge in [0.25, 0.3) is 0 Å². The second-order valence-corrected chi connectivity index (χ2v) is 13.5. The number of amides is 3. The normalized spacial score (nSPS) is 17.6. The van der Waals surface area contributed by atoms with E-state index in [9.17, 15) is 18.6 Å². The van der Waals surface area contributed by atoms with E-state index in [1.54, 1.807) is 24.4 Å². The van der Waals surface area contributed by atoms with Gasteiger partial charge < -0.3 is 14.8 Å². The molecule has 1 saturated heterocycles. The molecule has 1 aromatic rings. The zero-order valence-corrected chi connectivity index (χ0v) is 27.4. The minimum absolute atomic E-state index is 0.00285. The molecule has 2 rings (SSSR count). The molecule has 1 fully saturated rings. The maximum atomic E-state index is 12.6. The van der Waals surface area contributed by atoms with Crippen molar-refractivity contribution in [3.05, 3.63) is 30.1 Å². The third kappa shape index (κ3) is 16.2. The monoisotopic (exact) mass is 621 g/mol. The van der Waals surface area contributed by atoms with Crippen LogP contribution in [0.3, 0.4) is 0 Å². The van der Waals surface area contributed by atoms with Crippen molar-refractivity contribution >= 4 is 28.9 Å². The van der Waals surface area contributed by atoms with Crippen LogP contribution in [0, 0.1) is 5.41 Å². The number of aromatic nitrogens is 1. The summed E-state index contributed by atoms with van der Waals surface area (Å²) in [6.45, 7) is 4.00. The molecule has 9 nitrogen and oxygen atoms in total. The molecular formula is C33H55N3O6S. The topological polar surface area (TPSA) is 115 Å². The van der Waals surface area contributed by atoms with Crippen LogP contribution in [0.15, 0.2) is 24.4 Å². The van der Waals surface area contributed by atoms with E-state index < -0.39 is 34.3 Å². The van der Waals surface area contributed by atoms with Gasteiger partial charge in [-0.05, 0) is 18.6 Å². The molecule has 244 valence electrons. The molecule has 0 atom stereocenters. The van der Waals surface area contributed by atoms with Crippen LogP contribution in [0.4, 0.5) is 9.59 Å². The fourth-order valence-corrected chi connectivity index (χ4v) is 6.85. The molecule has 1 aromatic heterocycles. The molecule has 3 amide bonds. The van der Waals surface area contributed by atoms with Crippen LogP contribution in [0.2, 0.25) is 0 Å². The van der Waals surface area contributed by atoms with Crippen molar-refractivity contribution in [1.82, 2.24) is 15.2 Å². The first-order valence-corrected chi connectivity index (χ1v) is 17.9. The number of rotatable bonds is 23. The minimum Gasteiger partial charge on any atom is -0.449 e. The Kier molecular flexibility index (Phi) is 18.8. The Hall–Kier alpha value is -2.49. The number of carbonyl (C=O) groups is 3. The van der Waals surface area contributed by atoms with Gasteiger partial charge in [-0.15, -0.1) is 0 Å². The van der Waals surface area contributed by atoms with Gasteiger partial charge in [0.05, 0.1) is 17.7 Å². The highest BCUT2D eigenvalue weighted by Gasteiger charge is 2.46. The van der Waals surface area contributed by atoms with Gasteiger partial charge in [-0.1, -0.05) is 109 Å². The Labute approximate surface area is 261 Å². The number of pyridine rings is 1. The second kappa shape index (κ2) is 22.1. The number of nitrogens with one attached hydrogen (secondary N) is 1. The van der Waals surface area contributed by atoms with Gasteiger partial charge in [0.1, 0.15) is 13.2 Å². The number of ether oxygens (including phenoxy) is 2. The van der Waals surface area contributed by atoms with E-state index in [-0.39, 0.29) is 31.3 Å². The number of carbonyl (C=O) groups excluding carboxylic acids is 3. The Morgan fingerprint density at radius 1 is 0.837 bits per heavy atom. The average molecular weight is 622 g/mol. The predicted molar refractivity (Wildman–Crippen MR) is 171 cm³/mol. The molecule has 0 spiro atoms. The third-order valence-corrected chi connectivity index (χ3v) is 9.76. The van der Waals surface area contributed by atoms with Crippen LogP contribution in [0.1, 0.15) is 122 Å². The fourth-order valence-electron chi connectivity index (χ4n) is 5.23. The first-order chi connectivity index (χ1) is 20.8. The maximum absolute atomic E-state index is 12.6. The molecule has 0 saturated carbocycles. The molecule has 0 aromatic carbocycles. The highest BCUT2D eigenvalue weighted by atomic mass is 32.2. The van der Waals surface area contributed by atoms with Crippen LogP contribution in [-0.2, 0) is 31.6 Å². The molecule has 1 aliphatic rings. The summed E-state index contributed by atoms with van der Waals surface area (Å²) < 4.78 is 22.7. The second-order valence-electron chi connectivity index (χ2n) is 12.0. The van der Waals surface area contributed by atoms with Gasteiger partial charge in [0, 0.05) is 42.0 Å². The highest BCUT2D eigenvalue weighted by Crippen LogP contribution is 2.31. The summed E-state index contributed by atoms with van der Waals surface area (Å²) in [5.41, 5.74) is -0.155. The Morgan fingerprint density at radius 3 is 1.86 bits per heavy atom. The lowest BCUT2D eigenvalue weighted by molar-refractivity contribution is -0.128. The van der Waals surface area contributed by atoms with Crippen LogP contribution in [0.5, 0.6) is 0 Å². The van der Waals surface area contributed by atoms with E-state index in [0.29, 0.717) is 12.2 Å². The number of hydrogen-bond donors (Lipinski definition) is 1. The highest BCUT2D eigenvalue weighted by molar-refractivity contribution is 7.86. The third-order valence-electron chi connectivity index (χ3n) is 7.89. The smallest absolute Gasteiger partial charge is 0.416 e. The fraction of sp³-hybridized carbons (Fsp3) is 0.758. The first kappa shape index (κ1) is 36.7. The summed E-state index contributed by atoms with van der Waals surface area (Å²) in [6.07, 6.45) is 21.0. The zero-order valence-electron chi connectivity index (χ0n) is 26.6. The van der Waals surface area contributed by atoms with Gasteiger partial charge >= 0.3 is 12.2 Å². The molecular weight excluding hydrogens is 566 g/mol. The molecule has 2 heterocycles. The lowest BCUT2D eigenvalue weighted by Crippen LogP contribution is -2.53. The molecule has 10 heteroatoms. The van der Waals surface area contributed by atoms with E-state index in [1.165, 1.54) is 96.8 Å². The van der Waals surface area contributed by atoms with Gasteiger partial charge in [-0.2, -0.15) is 0 Å². The van der Waals surface area contributed by atoms with Gasteiger partial charge in [0.2, 0.25) is 5.91 Å². The van der Waals surface area contributed by atoms with Crippen molar-refractivity contribution < 1.29 is 28.1 Å². The summed E-state index contributed by atoms with van der Waals surface area (Å²) in [4.78, 5) is 42.0. The molecule has 0 unspecified atom stereocenters. The van der Waals surface area contributed by atoms with Gasteiger partial charge in [-0.3, -0.25) is 14.0 Å². The molecule has 1 aliphatic heterocycles. The summed E-state index contributed by atoms with van der Waals surface area (Å²) in [5, 5.41) is 2.78. The number of hydrogen-bond acceptors (Lipinski definition) is 7. The standard InChI is InChI=1S/C33H55N3O6S/c1-3-4-5-6-7-8-9-10-11-12-13-14-15-16-17-19-23-35-31(38)41-25-33(27-43(40)28-33)26-42-32(39)36(29(2)37)24-30-21-18-20-22-34-30/h18,20-22H,3-17,19,23-28H2,1-2H3,(H,35,38). The van der Waals surface area contributed by atoms with Crippen LogP contribution in [0.25, 0.3) is 0 Å². The summed E-state index contributed by atoms with van der Waals surface area (Å²) in [7, 11) is -1.05. The largest absolute Gasteiger partial charge is 0.449 e. The van der Waals surface area contributed by atoms with Crippen molar-refractivity contribution in [2.45, 2.75) is 123 Å². The Balaban J connectivity index is 1.50. The lowest BCUT2D eigenvalue weighted by Gasteiger charge is -2.39. The quantitative estimate of drug-likeness (QED) is 0.128. The van der Waals surface area contributed by atoms with Crippen molar-refractivity contribution in [1.29, 1.82) is 0 Å². The number of alkyl carbamates (subject to hydrolysis) is 1. The van der Waals surface area contributed by atoms with E-state index in [0.717, 1.165) is 17.7 Å². The zero-order chi connectivity index (χ0) is 31.2. The molecule has 43 heavy (non-hydrogen) atoms. The summed E-state index contributed by atoms with van der Waals surface area (Å²) >= 11 is 0. The number of imide groups is 1. The van der Waals surface area contributed by atoms with E-state index in [2.05, 4.69) is 17.2 Å². The Morgan fingerprint density at radius 2 is 1.37 bits per heavy atom. The van der Waals surface area contributed by atoms with Gasteiger partial charge in [-0.25, -0.2) is 14.5 Å². The molecule has 1 N–H and O–H groups in total. The van der Waals surface area contributed by atoms with Crippen LogP contribution >= 0.6 is 0 Å². The van der Waals surface area contributed by atoms with Crippen LogP contribution in [-0.4, -0.2) is 63.5 Å². The van der Waals surface area contributed by atoms with E-state index >= 15 is 0 Å². The number of unbranched alkanes of at least 4 members (excludes halogenated alkanes) is 15. The van der Waals surface area contributed by atoms with Crippen molar-refractivity contribution in [2.24, 2.45) is 5.41 Å². The minimum atomic E-state index is -1.05. The number of nitrogens with zero attached hydrogens (tertiary/aromatic N) is 2. The molecule has 0 radical (unpaired) electrons. The van der Waals surface area contributed by atoms with Crippen molar-refractivity contribution in [3.8, 4) is 0 Å². The molecule has 0 aliphatic carbocycles. The first-order valence-electron chi connectivity index (χ1n) is 16.5. The van der Waals surface area contributed by atoms with Gasteiger partial charge in [0.15, 0.2) is 0 Å². The van der Waals surface area contributed by atoms with E-state index in [1.807, 2.05) is 0 Å². The van der Waals surface area contributed by atoms with Crippen LogP contribution < -0.4 is 5.32 Å². The summed E-state index contributed by atoms with van der Waals surface area (Å²) in [6, 6.07) is 5.23. The SMILES string of the molecule is CCCCCCCCCCCCCCCCCCNC(=O)OCC1(COC(=O)N(Cc2ccccn2)C(C)=O)CS(=O)C1. The molecule has 0 bridgehead atoms. The van der Waals surface area contributed by atoms with Crippen molar-refractivity contribution in [3.63, 3.8) is 0 Å². The predicted octanol–water partition coefficient (Wildman–Crippen LogP) is 7.30. The lowest BCUT2D eigenvalue weighted by atomic mass is 9.94. The van der Waals surface area contributed by atoms with E-state index in [4.69, 9.17) is 9.47 Å². The van der Waals surface area contributed by atoms with Crippen molar-refractivity contribution in [2.75, 3.05) is 31.3 Å². The Bertz CT molecular complexity index is 953.